The first-order valence-electron chi connectivity index (χ1n) is 4.30. The minimum absolute atomic E-state index is 0.836. The number of hydrogen-bond donors (Lipinski definition) is 1. The molecule has 56 valence electrons. The monoisotopic (exact) mass is 137 g/mol. The largest absolute Gasteiger partial charge is 0.330 e. The minimum Gasteiger partial charge on any atom is -0.330 e. The van der Waals surface area contributed by atoms with Gasteiger partial charge in [0.15, 0.2) is 0 Å². The Kier molecular flexibility index (Phi) is 1.53. The Morgan fingerprint density at radius 2 is 1.90 bits per heavy atom. The van der Waals surface area contributed by atoms with E-state index >= 15 is 0 Å². The third-order valence-electron chi connectivity index (χ3n) is 2.86. The molecule has 2 N–H and O–H groups in total. The Hall–Kier alpha value is -0.300. The summed E-state index contributed by atoms with van der Waals surface area (Å²) in [6.45, 7) is 0.900. The van der Waals surface area contributed by atoms with E-state index in [0.717, 1.165) is 12.5 Å². The summed E-state index contributed by atoms with van der Waals surface area (Å²) in [5.74, 6) is 0.836. The van der Waals surface area contributed by atoms with Crippen LogP contribution in [0.15, 0.2) is 11.1 Å². The fourth-order valence-electron chi connectivity index (χ4n) is 1.80. The molecule has 0 amide bonds. The summed E-state index contributed by atoms with van der Waals surface area (Å²) in [5, 5.41) is 0. The van der Waals surface area contributed by atoms with Gasteiger partial charge in [-0.15, -0.1) is 0 Å². The van der Waals surface area contributed by atoms with Crippen LogP contribution in [0.3, 0.4) is 0 Å². The second-order valence-corrected chi connectivity index (χ2v) is 3.57. The lowest BCUT2D eigenvalue weighted by Gasteiger charge is -2.34. The van der Waals surface area contributed by atoms with Crippen LogP contribution in [-0.4, -0.2) is 6.54 Å². The van der Waals surface area contributed by atoms with Crippen LogP contribution in [0.2, 0.25) is 0 Å². The van der Waals surface area contributed by atoms with Crippen LogP contribution in [-0.2, 0) is 0 Å². The predicted octanol–water partition coefficient (Wildman–Crippen LogP) is 1.84. The molecule has 0 radical (unpaired) electrons. The van der Waals surface area contributed by atoms with Gasteiger partial charge in [0.25, 0.3) is 0 Å². The highest BCUT2D eigenvalue weighted by Crippen LogP contribution is 2.41. The van der Waals surface area contributed by atoms with Crippen LogP contribution in [0.5, 0.6) is 0 Å². The van der Waals surface area contributed by atoms with Gasteiger partial charge in [-0.3, -0.25) is 0 Å². The van der Waals surface area contributed by atoms with Crippen molar-refractivity contribution >= 4 is 0 Å². The normalized spacial score (nSPS) is 31.5. The molecule has 0 spiro atoms. The Morgan fingerprint density at radius 3 is 2.30 bits per heavy atom. The standard InChI is InChI=1S/C9H15N/c10-6-7-4-9(5-7)8-2-1-3-8/h7H,1-6,10H2. The lowest BCUT2D eigenvalue weighted by molar-refractivity contribution is 0.411. The summed E-state index contributed by atoms with van der Waals surface area (Å²) in [7, 11) is 0. The van der Waals surface area contributed by atoms with Gasteiger partial charge in [0.05, 0.1) is 0 Å². The summed E-state index contributed by atoms with van der Waals surface area (Å²) in [4.78, 5) is 0. The number of hydrogen-bond acceptors (Lipinski definition) is 1. The fraction of sp³-hybridized carbons (Fsp3) is 0.778. The van der Waals surface area contributed by atoms with E-state index < -0.39 is 0 Å². The second kappa shape index (κ2) is 2.39. The van der Waals surface area contributed by atoms with Crippen LogP contribution < -0.4 is 5.73 Å². The lowest BCUT2D eigenvalue weighted by Crippen LogP contribution is -2.25. The van der Waals surface area contributed by atoms with Crippen molar-refractivity contribution in [3.05, 3.63) is 11.1 Å². The van der Waals surface area contributed by atoms with Crippen LogP contribution in [0.4, 0.5) is 0 Å². The number of rotatable bonds is 1. The zero-order valence-corrected chi connectivity index (χ0v) is 6.40. The van der Waals surface area contributed by atoms with Crippen LogP contribution in [0, 0.1) is 5.92 Å². The number of allylic oxidation sites excluding steroid dienone is 2. The van der Waals surface area contributed by atoms with E-state index in [0.29, 0.717) is 0 Å². The van der Waals surface area contributed by atoms with E-state index in [1.807, 2.05) is 0 Å². The third kappa shape index (κ3) is 0.891. The Labute approximate surface area is 62.3 Å². The van der Waals surface area contributed by atoms with Gasteiger partial charge in [-0.1, -0.05) is 11.1 Å². The van der Waals surface area contributed by atoms with Gasteiger partial charge in [0.1, 0.15) is 0 Å². The SMILES string of the molecule is NCC1CC(=C2CCC2)C1. The van der Waals surface area contributed by atoms with Crippen molar-refractivity contribution in [3.63, 3.8) is 0 Å². The molecule has 0 atom stereocenters. The Bertz CT molecular complexity index is 156. The molecule has 2 fully saturated rings. The van der Waals surface area contributed by atoms with Crippen molar-refractivity contribution in [2.45, 2.75) is 32.1 Å². The summed E-state index contributed by atoms with van der Waals surface area (Å²) in [6, 6.07) is 0. The first-order chi connectivity index (χ1) is 4.90. The molecule has 2 aliphatic rings. The number of nitrogens with two attached hydrogens (primary N) is 1. The molecule has 1 nitrogen and oxygen atoms in total. The van der Waals surface area contributed by atoms with E-state index in [-0.39, 0.29) is 0 Å². The van der Waals surface area contributed by atoms with Crippen molar-refractivity contribution in [2.75, 3.05) is 6.54 Å². The lowest BCUT2D eigenvalue weighted by atomic mass is 9.73. The van der Waals surface area contributed by atoms with Crippen LogP contribution >= 0.6 is 0 Å². The highest BCUT2D eigenvalue weighted by molar-refractivity contribution is 5.25. The van der Waals surface area contributed by atoms with Gasteiger partial charge in [0.2, 0.25) is 0 Å². The zero-order chi connectivity index (χ0) is 6.97. The maximum atomic E-state index is 5.53. The molecular formula is C9H15N. The Morgan fingerprint density at radius 1 is 1.20 bits per heavy atom. The zero-order valence-electron chi connectivity index (χ0n) is 6.40. The predicted molar refractivity (Wildman–Crippen MR) is 42.7 cm³/mol. The molecular weight excluding hydrogens is 122 g/mol. The molecule has 0 aliphatic heterocycles. The van der Waals surface area contributed by atoms with Gasteiger partial charge in [0, 0.05) is 0 Å². The van der Waals surface area contributed by atoms with Crippen LogP contribution in [0.1, 0.15) is 32.1 Å². The molecule has 0 heterocycles. The third-order valence-corrected chi connectivity index (χ3v) is 2.86. The summed E-state index contributed by atoms with van der Waals surface area (Å²) < 4.78 is 0. The van der Waals surface area contributed by atoms with E-state index in [1.54, 1.807) is 11.1 Å². The van der Waals surface area contributed by atoms with Gasteiger partial charge in [-0.05, 0) is 44.6 Å². The van der Waals surface area contributed by atoms with E-state index in [9.17, 15) is 0 Å². The van der Waals surface area contributed by atoms with Crippen molar-refractivity contribution in [1.29, 1.82) is 0 Å². The fourth-order valence-corrected chi connectivity index (χ4v) is 1.80. The average Bonchev–Trinajstić information content (AvgIpc) is 1.72. The molecule has 1 heteroatoms. The minimum atomic E-state index is 0.836. The highest BCUT2D eigenvalue weighted by Gasteiger charge is 2.26. The topological polar surface area (TPSA) is 26.0 Å². The molecule has 10 heavy (non-hydrogen) atoms. The highest BCUT2D eigenvalue weighted by atomic mass is 14.6. The van der Waals surface area contributed by atoms with E-state index in [1.165, 1.54) is 32.1 Å². The summed E-state index contributed by atoms with van der Waals surface area (Å²) >= 11 is 0. The van der Waals surface area contributed by atoms with Crippen molar-refractivity contribution in [2.24, 2.45) is 11.7 Å². The van der Waals surface area contributed by atoms with Gasteiger partial charge < -0.3 is 5.73 Å². The van der Waals surface area contributed by atoms with Gasteiger partial charge in [-0.2, -0.15) is 0 Å². The summed E-state index contributed by atoms with van der Waals surface area (Å²) in [6.07, 6.45) is 6.88. The summed E-state index contributed by atoms with van der Waals surface area (Å²) in [5.41, 5.74) is 9.05. The molecule has 2 aliphatic carbocycles. The average molecular weight is 137 g/mol. The second-order valence-electron chi connectivity index (χ2n) is 3.57. The molecule has 0 saturated heterocycles. The first kappa shape index (κ1) is 6.41. The molecule has 2 saturated carbocycles. The van der Waals surface area contributed by atoms with Crippen molar-refractivity contribution in [3.8, 4) is 0 Å². The van der Waals surface area contributed by atoms with Gasteiger partial charge in [-0.25, -0.2) is 0 Å². The smallest absolute Gasteiger partial charge is 0.00427 e. The van der Waals surface area contributed by atoms with Crippen molar-refractivity contribution in [1.82, 2.24) is 0 Å². The maximum Gasteiger partial charge on any atom is -0.00427 e. The Balaban J connectivity index is 1.88. The van der Waals surface area contributed by atoms with Gasteiger partial charge >= 0.3 is 0 Å². The maximum absolute atomic E-state index is 5.53. The molecule has 0 aromatic heterocycles. The molecule has 0 unspecified atom stereocenters. The first-order valence-corrected chi connectivity index (χ1v) is 4.30. The van der Waals surface area contributed by atoms with Crippen molar-refractivity contribution < 1.29 is 0 Å². The van der Waals surface area contributed by atoms with Crippen LogP contribution in [0.25, 0.3) is 0 Å². The molecule has 2 rings (SSSR count). The molecule has 0 aromatic rings. The van der Waals surface area contributed by atoms with E-state index in [2.05, 4.69) is 0 Å². The quantitative estimate of drug-likeness (QED) is 0.548. The molecule has 0 bridgehead atoms. The van der Waals surface area contributed by atoms with E-state index in [4.69, 9.17) is 5.73 Å². The molecule has 0 aromatic carbocycles.